The number of halogens is 3. The van der Waals surface area contributed by atoms with Crippen LogP contribution in [0.25, 0.3) is 0 Å². The maximum absolute atomic E-state index is 12.2. The number of hydrogen-bond acceptors (Lipinski definition) is 4. The third kappa shape index (κ3) is 3.13. The summed E-state index contributed by atoms with van der Waals surface area (Å²) in [5, 5.41) is 3.45. The fourth-order valence-corrected chi connectivity index (χ4v) is 2.46. The van der Waals surface area contributed by atoms with Crippen LogP contribution in [-0.4, -0.2) is 10.9 Å². The van der Waals surface area contributed by atoms with Crippen LogP contribution in [0.2, 0.25) is 15.1 Å². The van der Waals surface area contributed by atoms with Gasteiger partial charge in [0, 0.05) is 17.4 Å². The molecule has 8 heteroatoms. The van der Waals surface area contributed by atoms with Crippen LogP contribution in [0.5, 0.6) is 0 Å². The van der Waals surface area contributed by atoms with Gasteiger partial charge < -0.3 is 10.7 Å². The summed E-state index contributed by atoms with van der Waals surface area (Å²) in [4.78, 5) is 16.1. The summed E-state index contributed by atoms with van der Waals surface area (Å²) in [5.74, 6) is 4.89. The lowest BCUT2D eigenvalue weighted by Crippen LogP contribution is -2.17. The van der Waals surface area contributed by atoms with E-state index < -0.39 is 5.91 Å². The van der Waals surface area contributed by atoms with Crippen LogP contribution >= 0.6 is 34.8 Å². The van der Waals surface area contributed by atoms with Crippen molar-refractivity contribution in [2.75, 3.05) is 10.7 Å². The molecule has 0 aliphatic rings. The van der Waals surface area contributed by atoms with Crippen LogP contribution in [0.1, 0.15) is 10.4 Å². The largest absolute Gasteiger partial charge is 0.323 e. The molecule has 0 aliphatic heterocycles. The highest BCUT2D eigenvalue weighted by Crippen LogP contribution is 2.34. The van der Waals surface area contributed by atoms with Gasteiger partial charge in [-0.25, -0.2) is 0 Å². The second-order valence-corrected chi connectivity index (χ2v) is 5.01. The van der Waals surface area contributed by atoms with Gasteiger partial charge in [0.05, 0.1) is 27.0 Å². The van der Waals surface area contributed by atoms with Gasteiger partial charge in [-0.3, -0.25) is 15.6 Å². The van der Waals surface area contributed by atoms with Crippen molar-refractivity contribution in [2.45, 2.75) is 0 Å². The molecule has 2 aromatic rings. The standard InChI is InChI=1S/C12H9Cl3N4O/c13-6-3-8(14)11(9(15)4-6)18-12(20)7-5-17-2-1-10(7)19-16/h1-5H,16H2,(H,17,19)(H,18,20). The topological polar surface area (TPSA) is 80.0 Å². The summed E-state index contributed by atoms with van der Waals surface area (Å²) in [5.41, 5.74) is 3.38. The lowest BCUT2D eigenvalue weighted by Gasteiger charge is -2.11. The van der Waals surface area contributed by atoms with Crippen LogP contribution < -0.4 is 16.6 Å². The normalized spacial score (nSPS) is 10.2. The minimum Gasteiger partial charge on any atom is -0.323 e. The number of carbonyl (C=O) groups excluding carboxylic acids is 1. The monoisotopic (exact) mass is 330 g/mol. The Morgan fingerprint density at radius 2 is 1.85 bits per heavy atom. The highest BCUT2D eigenvalue weighted by Gasteiger charge is 2.15. The molecule has 20 heavy (non-hydrogen) atoms. The van der Waals surface area contributed by atoms with E-state index in [1.54, 1.807) is 6.07 Å². The SMILES string of the molecule is NNc1ccncc1C(=O)Nc1c(Cl)cc(Cl)cc1Cl. The first-order valence-corrected chi connectivity index (χ1v) is 6.53. The van der Waals surface area contributed by atoms with Crippen LogP contribution in [0.15, 0.2) is 30.6 Å². The molecule has 104 valence electrons. The number of rotatable bonds is 3. The molecule has 0 radical (unpaired) electrons. The van der Waals surface area contributed by atoms with Crippen molar-refractivity contribution in [1.29, 1.82) is 0 Å². The maximum Gasteiger partial charge on any atom is 0.259 e. The quantitative estimate of drug-likeness (QED) is 0.593. The molecule has 2 rings (SSSR count). The molecule has 1 amide bonds. The third-order valence-electron chi connectivity index (χ3n) is 2.47. The van der Waals surface area contributed by atoms with Crippen LogP contribution in [-0.2, 0) is 0 Å². The molecule has 0 atom stereocenters. The van der Waals surface area contributed by atoms with E-state index in [0.717, 1.165) is 0 Å². The van der Waals surface area contributed by atoms with Crippen molar-refractivity contribution in [1.82, 2.24) is 4.98 Å². The summed E-state index contributed by atoms with van der Waals surface area (Å²) < 4.78 is 0. The lowest BCUT2D eigenvalue weighted by molar-refractivity contribution is 0.102. The van der Waals surface area contributed by atoms with Crippen molar-refractivity contribution in [2.24, 2.45) is 5.84 Å². The first-order chi connectivity index (χ1) is 9.52. The highest BCUT2D eigenvalue weighted by molar-refractivity contribution is 6.42. The van der Waals surface area contributed by atoms with Crippen molar-refractivity contribution in [3.63, 3.8) is 0 Å². The Bertz CT molecular complexity index is 640. The lowest BCUT2D eigenvalue weighted by atomic mass is 10.2. The maximum atomic E-state index is 12.2. The van der Waals surface area contributed by atoms with Gasteiger partial charge in [-0.1, -0.05) is 34.8 Å². The summed E-state index contributed by atoms with van der Waals surface area (Å²) in [6.07, 6.45) is 2.89. The van der Waals surface area contributed by atoms with Crippen molar-refractivity contribution in [3.8, 4) is 0 Å². The first-order valence-electron chi connectivity index (χ1n) is 5.39. The van der Waals surface area contributed by atoms with Crippen molar-refractivity contribution >= 4 is 52.1 Å². The Balaban J connectivity index is 2.33. The number of nitrogens with one attached hydrogen (secondary N) is 2. The predicted molar refractivity (Wildman–Crippen MR) is 81.5 cm³/mol. The van der Waals surface area contributed by atoms with Crippen LogP contribution in [0.4, 0.5) is 11.4 Å². The van der Waals surface area contributed by atoms with Gasteiger partial charge in [-0.15, -0.1) is 0 Å². The van der Waals surface area contributed by atoms with E-state index in [9.17, 15) is 4.79 Å². The Morgan fingerprint density at radius 1 is 1.20 bits per heavy atom. The zero-order valence-corrected chi connectivity index (χ0v) is 12.2. The summed E-state index contributed by atoms with van der Waals surface area (Å²) >= 11 is 17.8. The Hall–Kier alpha value is -1.53. The molecule has 0 bridgehead atoms. The van der Waals surface area contributed by atoms with Crippen LogP contribution in [0, 0.1) is 0 Å². The first kappa shape index (κ1) is 14.9. The van der Waals surface area contributed by atoms with Gasteiger partial charge in [0.25, 0.3) is 5.91 Å². The average molecular weight is 332 g/mol. The van der Waals surface area contributed by atoms with Crippen LogP contribution in [0.3, 0.4) is 0 Å². The number of nitrogens with two attached hydrogens (primary N) is 1. The van der Waals surface area contributed by atoms with Gasteiger partial charge in [0.2, 0.25) is 0 Å². The fourth-order valence-electron chi connectivity index (χ4n) is 1.54. The minimum atomic E-state index is -0.447. The Kier molecular flexibility index (Phi) is 4.67. The van der Waals surface area contributed by atoms with Crippen molar-refractivity contribution < 1.29 is 4.79 Å². The van der Waals surface area contributed by atoms with E-state index >= 15 is 0 Å². The molecular weight excluding hydrogens is 323 g/mol. The molecule has 0 saturated heterocycles. The van der Waals surface area contributed by atoms with E-state index in [4.69, 9.17) is 40.6 Å². The second-order valence-electron chi connectivity index (χ2n) is 3.76. The molecule has 5 nitrogen and oxygen atoms in total. The Morgan fingerprint density at radius 3 is 2.45 bits per heavy atom. The fraction of sp³-hybridized carbons (Fsp3) is 0. The van der Waals surface area contributed by atoms with Gasteiger partial charge in [-0.05, 0) is 18.2 Å². The summed E-state index contributed by atoms with van der Waals surface area (Å²) in [6.45, 7) is 0. The number of carbonyl (C=O) groups is 1. The van der Waals surface area contributed by atoms with Gasteiger partial charge in [0.1, 0.15) is 0 Å². The number of nitrogen functional groups attached to an aromatic ring is 1. The minimum absolute atomic E-state index is 0.238. The molecule has 1 aromatic heterocycles. The van der Waals surface area contributed by atoms with E-state index in [-0.39, 0.29) is 21.3 Å². The molecule has 4 N–H and O–H groups in total. The van der Waals surface area contributed by atoms with Gasteiger partial charge in [0.15, 0.2) is 0 Å². The molecule has 0 fully saturated rings. The number of pyridine rings is 1. The van der Waals surface area contributed by atoms with E-state index in [1.165, 1.54) is 24.5 Å². The van der Waals surface area contributed by atoms with E-state index in [1.807, 2.05) is 0 Å². The zero-order valence-electron chi connectivity index (χ0n) is 9.95. The van der Waals surface area contributed by atoms with E-state index in [0.29, 0.717) is 10.7 Å². The van der Waals surface area contributed by atoms with Gasteiger partial charge in [-0.2, -0.15) is 0 Å². The third-order valence-corrected chi connectivity index (χ3v) is 3.28. The molecule has 1 heterocycles. The molecule has 0 unspecified atom stereocenters. The summed E-state index contributed by atoms with van der Waals surface area (Å²) in [7, 11) is 0. The number of hydrogen-bond donors (Lipinski definition) is 3. The van der Waals surface area contributed by atoms with E-state index in [2.05, 4.69) is 15.7 Å². The highest BCUT2D eigenvalue weighted by atomic mass is 35.5. The summed E-state index contributed by atoms with van der Waals surface area (Å²) in [6, 6.07) is 4.53. The molecule has 0 spiro atoms. The van der Waals surface area contributed by atoms with Crippen molar-refractivity contribution in [3.05, 3.63) is 51.2 Å². The zero-order chi connectivity index (χ0) is 14.7. The number of hydrazine groups is 1. The number of aromatic nitrogens is 1. The second kappa shape index (κ2) is 6.28. The predicted octanol–water partition coefficient (Wildman–Crippen LogP) is 3.58. The van der Waals surface area contributed by atoms with Gasteiger partial charge >= 0.3 is 0 Å². The number of benzene rings is 1. The molecule has 1 aromatic carbocycles. The molecule has 0 saturated carbocycles. The average Bonchev–Trinajstić information content (AvgIpc) is 2.42. The number of amides is 1. The number of anilines is 2. The Labute approximate surface area is 130 Å². The molecule has 0 aliphatic carbocycles. The molecular formula is C12H9Cl3N4O. The number of nitrogens with zero attached hydrogens (tertiary/aromatic N) is 1. The smallest absolute Gasteiger partial charge is 0.259 e.